The minimum absolute atomic E-state index is 0.0541. The molecule has 0 atom stereocenters. The van der Waals surface area contributed by atoms with Gasteiger partial charge in [-0.05, 0) is 39.3 Å². The third kappa shape index (κ3) is 1.88. The van der Waals surface area contributed by atoms with Gasteiger partial charge in [0.1, 0.15) is 0 Å². The van der Waals surface area contributed by atoms with Crippen molar-refractivity contribution < 1.29 is 0 Å². The van der Waals surface area contributed by atoms with Crippen LogP contribution in [0.5, 0.6) is 0 Å². The molecule has 0 spiro atoms. The molecule has 18 heavy (non-hydrogen) atoms. The van der Waals surface area contributed by atoms with Crippen molar-refractivity contribution in [3.8, 4) is 0 Å². The average Bonchev–Trinajstić information content (AvgIpc) is 2.26. The van der Waals surface area contributed by atoms with Crippen molar-refractivity contribution in [3.63, 3.8) is 0 Å². The molecule has 2 aromatic rings. The minimum Gasteiger partial charge on any atom is -0.293 e. The van der Waals surface area contributed by atoms with Crippen LogP contribution < -0.4 is 5.56 Å². The maximum atomic E-state index is 12.4. The van der Waals surface area contributed by atoms with E-state index < -0.39 is 0 Å². The van der Waals surface area contributed by atoms with Crippen molar-refractivity contribution in [1.82, 2.24) is 9.55 Å². The Morgan fingerprint density at radius 1 is 1.33 bits per heavy atom. The minimum atomic E-state index is -0.302. The second-order valence-electron chi connectivity index (χ2n) is 5.36. The first-order chi connectivity index (χ1) is 8.34. The van der Waals surface area contributed by atoms with E-state index in [9.17, 15) is 4.79 Å². The Morgan fingerprint density at radius 3 is 2.56 bits per heavy atom. The van der Waals surface area contributed by atoms with Gasteiger partial charge in [0.2, 0.25) is 0 Å². The van der Waals surface area contributed by atoms with Crippen molar-refractivity contribution >= 4 is 16.6 Å². The number of fused-ring (bicyclic) bond motifs is 1. The van der Waals surface area contributed by atoms with Gasteiger partial charge in [-0.1, -0.05) is 6.07 Å². The number of aromatic nitrogens is 2. The van der Waals surface area contributed by atoms with Crippen molar-refractivity contribution in [1.29, 1.82) is 0 Å². The van der Waals surface area contributed by atoms with Crippen LogP contribution in [0.4, 0.5) is 5.69 Å². The number of hydrogen-bond donors (Lipinski definition) is 0. The molecule has 0 saturated heterocycles. The summed E-state index contributed by atoms with van der Waals surface area (Å²) in [5.74, 6) is 0. The van der Waals surface area contributed by atoms with E-state index >= 15 is 0 Å². The highest BCUT2D eigenvalue weighted by atomic mass is 16.1. The van der Waals surface area contributed by atoms with Crippen molar-refractivity contribution in [3.05, 3.63) is 45.8 Å². The molecule has 0 aliphatic heterocycles. The van der Waals surface area contributed by atoms with Gasteiger partial charge in [-0.15, -0.1) is 0 Å². The molecule has 1 aromatic heterocycles. The summed E-state index contributed by atoms with van der Waals surface area (Å²) >= 11 is 0. The average molecular weight is 241 g/mol. The Morgan fingerprint density at radius 2 is 2.00 bits per heavy atom. The number of benzene rings is 1. The highest BCUT2D eigenvalue weighted by molar-refractivity contribution is 5.84. The fraction of sp³-hybridized carbons (Fsp3) is 0.357. The van der Waals surface area contributed by atoms with Gasteiger partial charge in [-0.3, -0.25) is 9.36 Å². The van der Waals surface area contributed by atoms with E-state index in [0.29, 0.717) is 16.6 Å². The summed E-state index contributed by atoms with van der Waals surface area (Å²) in [4.78, 5) is 20.1. The van der Waals surface area contributed by atoms with Crippen LogP contribution in [0.25, 0.3) is 15.7 Å². The van der Waals surface area contributed by atoms with Crippen LogP contribution in [-0.2, 0) is 5.54 Å². The summed E-state index contributed by atoms with van der Waals surface area (Å²) in [6.07, 6.45) is 1.55. The van der Waals surface area contributed by atoms with E-state index in [2.05, 4.69) is 9.83 Å². The fourth-order valence-electron chi connectivity index (χ4n) is 1.97. The molecule has 2 rings (SSSR count). The predicted molar refractivity (Wildman–Crippen MR) is 72.0 cm³/mol. The standard InChI is InChI=1S/C14H15N3O/c1-9-6-10(15-5)7-11-12(9)13(18)17(8-16-11)14(2,3)4/h6-8H,1-4H3. The molecule has 4 nitrogen and oxygen atoms in total. The molecule has 4 heteroatoms. The monoisotopic (exact) mass is 241 g/mol. The maximum Gasteiger partial charge on any atom is 0.261 e. The summed E-state index contributed by atoms with van der Waals surface area (Å²) in [5.41, 5.74) is 1.55. The molecule has 1 aromatic carbocycles. The van der Waals surface area contributed by atoms with Crippen LogP contribution in [-0.4, -0.2) is 9.55 Å². The molecule has 0 bridgehead atoms. The summed E-state index contributed by atoms with van der Waals surface area (Å²) in [7, 11) is 0. The zero-order chi connectivity index (χ0) is 13.5. The zero-order valence-electron chi connectivity index (χ0n) is 11.0. The summed E-state index contributed by atoms with van der Waals surface area (Å²) in [6.45, 7) is 14.8. The van der Waals surface area contributed by atoms with Crippen molar-refractivity contribution in [2.24, 2.45) is 0 Å². The quantitative estimate of drug-likeness (QED) is 0.665. The Hall–Kier alpha value is -2.15. The largest absolute Gasteiger partial charge is 0.293 e. The second-order valence-corrected chi connectivity index (χ2v) is 5.36. The van der Waals surface area contributed by atoms with E-state index in [1.165, 1.54) is 0 Å². The topological polar surface area (TPSA) is 39.2 Å². The van der Waals surface area contributed by atoms with Crippen LogP contribution >= 0.6 is 0 Å². The highest BCUT2D eigenvalue weighted by Gasteiger charge is 2.17. The fourth-order valence-corrected chi connectivity index (χ4v) is 1.97. The van der Waals surface area contributed by atoms with Gasteiger partial charge in [0.05, 0.1) is 23.8 Å². The Kier molecular flexibility index (Phi) is 2.70. The second kappa shape index (κ2) is 3.95. The molecule has 0 aliphatic carbocycles. The van der Waals surface area contributed by atoms with Gasteiger partial charge < -0.3 is 0 Å². The number of nitrogens with zero attached hydrogens (tertiary/aromatic N) is 3. The maximum absolute atomic E-state index is 12.4. The SMILES string of the molecule is [C-]#[N+]c1cc(C)c2c(=O)n(C(C)(C)C)cnc2c1. The van der Waals surface area contributed by atoms with Crippen molar-refractivity contribution in [2.75, 3.05) is 0 Å². The van der Waals surface area contributed by atoms with Crippen LogP contribution in [0.2, 0.25) is 0 Å². The Labute approximate surface area is 106 Å². The molecule has 1 heterocycles. The molecule has 0 radical (unpaired) electrons. The van der Waals surface area contributed by atoms with E-state index in [0.717, 1.165) is 5.56 Å². The summed E-state index contributed by atoms with van der Waals surface area (Å²) in [6, 6.07) is 3.38. The first-order valence-corrected chi connectivity index (χ1v) is 5.74. The van der Waals surface area contributed by atoms with Crippen molar-refractivity contribution in [2.45, 2.75) is 33.2 Å². The van der Waals surface area contributed by atoms with Gasteiger partial charge in [-0.25, -0.2) is 9.83 Å². The molecule has 0 fully saturated rings. The lowest BCUT2D eigenvalue weighted by atomic mass is 10.1. The molecule has 0 aliphatic rings. The van der Waals surface area contributed by atoms with Gasteiger partial charge in [0, 0.05) is 5.54 Å². The number of rotatable bonds is 0. The lowest BCUT2D eigenvalue weighted by Crippen LogP contribution is -2.34. The van der Waals surface area contributed by atoms with E-state index in [1.54, 1.807) is 23.0 Å². The number of aryl methyl sites for hydroxylation is 1. The molecule has 0 saturated carbocycles. The third-order valence-electron chi connectivity index (χ3n) is 2.90. The van der Waals surface area contributed by atoms with Crippen LogP contribution in [0.1, 0.15) is 26.3 Å². The van der Waals surface area contributed by atoms with Gasteiger partial charge in [0.25, 0.3) is 5.56 Å². The summed E-state index contributed by atoms with van der Waals surface area (Å²) in [5, 5.41) is 0.597. The lowest BCUT2D eigenvalue weighted by Gasteiger charge is -2.22. The third-order valence-corrected chi connectivity index (χ3v) is 2.90. The normalized spacial score (nSPS) is 11.5. The lowest BCUT2D eigenvalue weighted by molar-refractivity contribution is 0.382. The molecule has 92 valence electrons. The molecular weight excluding hydrogens is 226 g/mol. The molecular formula is C14H15N3O. The van der Waals surface area contributed by atoms with Crippen LogP contribution in [0, 0.1) is 13.5 Å². The molecule has 0 N–H and O–H groups in total. The predicted octanol–water partition coefficient (Wildman–Crippen LogP) is 3.01. The van der Waals surface area contributed by atoms with Gasteiger partial charge >= 0.3 is 0 Å². The first kappa shape index (κ1) is 12.3. The number of hydrogen-bond acceptors (Lipinski definition) is 2. The van der Waals surface area contributed by atoms with E-state index in [4.69, 9.17) is 6.57 Å². The Bertz CT molecular complexity index is 715. The molecule has 0 unspecified atom stereocenters. The van der Waals surface area contributed by atoms with Crippen LogP contribution in [0.15, 0.2) is 23.3 Å². The first-order valence-electron chi connectivity index (χ1n) is 5.74. The zero-order valence-corrected chi connectivity index (χ0v) is 11.0. The van der Waals surface area contributed by atoms with Gasteiger partial charge in [-0.2, -0.15) is 0 Å². The highest BCUT2D eigenvalue weighted by Crippen LogP contribution is 2.22. The van der Waals surface area contributed by atoms with Gasteiger partial charge in [0.15, 0.2) is 5.69 Å². The molecule has 0 amide bonds. The van der Waals surface area contributed by atoms with E-state index in [-0.39, 0.29) is 11.1 Å². The van der Waals surface area contributed by atoms with E-state index in [1.807, 2.05) is 27.7 Å². The Balaban J connectivity index is 2.90. The summed E-state index contributed by atoms with van der Waals surface area (Å²) < 4.78 is 1.62. The smallest absolute Gasteiger partial charge is 0.261 e. The van der Waals surface area contributed by atoms with Crippen LogP contribution in [0.3, 0.4) is 0 Å².